The lowest BCUT2D eigenvalue weighted by Crippen LogP contribution is -2.23. The summed E-state index contributed by atoms with van der Waals surface area (Å²) >= 11 is 1.19. The van der Waals surface area contributed by atoms with Gasteiger partial charge in [-0.25, -0.2) is 14.4 Å². The van der Waals surface area contributed by atoms with Crippen molar-refractivity contribution in [1.29, 1.82) is 0 Å². The van der Waals surface area contributed by atoms with Crippen molar-refractivity contribution in [1.82, 2.24) is 15.3 Å². The third kappa shape index (κ3) is 6.11. The summed E-state index contributed by atoms with van der Waals surface area (Å²) in [6.07, 6.45) is 0.827. The monoisotopic (exact) mass is 376 g/mol. The molecular formula is C18H21FN4O2S. The van der Waals surface area contributed by atoms with Crippen LogP contribution in [-0.4, -0.2) is 27.5 Å². The fourth-order valence-corrected chi connectivity index (χ4v) is 3.07. The van der Waals surface area contributed by atoms with Crippen LogP contribution < -0.4 is 11.1 Å². The van der Waals surface area contributed by atoms with Gasteiger partial charge in [0.05, 0.1) is 5.75 Å². The average Bonchev–Trinajstić information content (AvgIpc) is 2.58. The normalized spacial score (nSPS) is 10.6. The predicted octanol–water partition coefficient (Wildman–Crippen LogP) is 2.06. The van der Waals surface area contributed by atoms with Crippen LogP contribution >= 0.6 is 11.8 Å². The van der Waals surface area contributed by atoms with Crippen LogP contribution in [0.25, 0.3) is 0 Å². The van der Waals surface area contributed by atoms with Crippen LogP contribution in [0.15, 0.2) is 29.4 Å². The molecule has 0 aliphatic heterocycles. The van der Waals surface area contributed by atoms with E-state index in [1.165, 1.54) is 23.9 Å². The smallest absolute Gasteiger partial charge is 0.227 e. The maximum absolute atomic E-state index is 12.9. The molecule has 0 aliphatic rings. The summed E-state index contributed by atoms with van der Waals surface area (Å²) in [5, 5.41) is 3.32. The molecule has 0 fully saturated rings. The van der Waals surface area contributed by atoms with Crippen molar-refractivity contribution in [3.63, 3.8) is 0 Å². The van der Waals surface area contributed by atoms with Crippen LogP contribution in [0.1, 0.15) is 28.9 Å². The second-order valence-corrected chi connectivity index (χ2v) is 6.76. The SMILES string of the molecule is Cc1nc(SCC(N)=O)nc(C)c1CCC(=O)NCc1ccc(F)cc1. The van der Waals surface area contributed by atoms with E-state index in [0.717, 1.165) is 22.5 Å². The van der Waals surface area contributed by atoms with E-state index in [9.17, 15) is 14.0 Å². The molecule has 0 aliphatic carbocycles. The standard InChI is InChI=1S/C18H21FN4O2S/c1-11-15(12(2)23-18(22-11)26-10-16(20)24)7-8-17(25)21-9-13-3-5-14(19)6-4-13/h3-6H,7-10H2,1-2H3,(H2,20,24)(H,21,25). The van der Waals surface area contributed by atoms with Crippen molar-refractivity contribution in [3.05, 3.63) is 52.6 Å². The summed E-state index contributed by atoms with van der Waals surface area (Å²) in [6.45, 7) is 4.07. The molecule has 6 nitrogen and oxygen atoms in total. The Kier molecular flexibility index (Phi) is 7.08. The Hall–Kier alpha value is -2.48. The van der Waals surface area contributed by atoms with E-state index in [1.807, 2.05) is 13.8 Å². The molecule has 0 bridgehead atoms. The summed E-state index contributed by atoms with van der Waals surface area (Å²) in [4.78, 5) is 31.6. The second-order valence-electron chi connectivity index (χ2n) is 5.81. The van der Waals surface area contributed by atoms with Crippen molar-refractivity contribution >= 4 is 23.6 Å². The number of rotatable bonds is 8. The van der Waals surface area contributed by atoms with Gasteiger partial charge in [0.15, 0.2) is 5.16 Å². The number of thioether (sulfide) groups is 1. The lowest BCUT2D eigenvalue weighted by Gasteiger charge is -2.11. The van der Waals surface area contributed by atoms with Gasteiger partial charge >= 0.3 is 0 Å². The number of primary amides is 1. The molecule has 0 unspecified atom stereocenters. The van der Waals surface area contributed by atoms with Gasteiger partial charge in [-0.2, -0.15) is 0 Å². The topological polar surface area (TPSA) is 98.0 Å². The molecule has 1 heterocycles. The summed E-state index contributed by atoms with van der Waals surface area (Å²) in [5.74, 6) is -0.691. The fraction of sp³-hybridized carbons (Fsp3) is 0.333. The Balaban J connectivity index is 1.88. The van der Waals surface area contributed by atoms with Crippen molar-refractivity contribution < 1.29 is 14.0 Å². The zero-order valence-electron chi connectivity index (χ0n) is 14.7. The first-order valence-electron chi connectivity index (χ1n) is 8.11. The van der Waals surface area contributed by atoms with E-state index in [-0.39, 0.29) is 17.5 Å². The van der Waals surface area contributed by atoms with E-state index in [4.69, 9.17) is 5.73 Å². The minimum atomic E-state index is -0.421. The molecule has 2 aromatic rings. The first-order valence-corrected chi connectivity index (χ1v) is 9.10. The Morgan fingerprint density at radius 1 is 1.15 bits per heavy atom. The number of hydrogen-bond acceptors (Lipinski definition) is 5. The highest BCUT2D eigenvalue weighted by Gasteiger charge is 2.12. The molecule has 1 aromatic heterocycles. The lowest BCUT2D eigenvalue weighted by molar-refractivity contribution is -0.121. The molecule has 0 saturated heterocycles. The molecule has 138 valence electrons. The molecule has 2 amide bonds. The molecule has 0 atom stereocenters. The fourth-order valence-electron chi connectivity index (χ4n) is 2.40. The maximum Gasteiger partial charge on any atom is 0.227 e. The van der Waals surface area contributed by atoms with Crippen LogP contribution in [0.3, 0.4) is 0 Å². The van der Waals surface area contributed by atoms with Crippen molar-refractivity contribution in [2.45, 2.75) is 38.4 Å². The summed E-state index contributed by atoms with van der Waals surface area (Å²) in [5.41, 5.74) is 8.46. The van der Waals surface area contributed by atoms with E-state index in [1.54, 1.807) is 12.1 Å². The number of carbonyl (C=O) groups excluding carboxylic acids is 2. The zero-order chi connectivity index (χ0) is 19.1. The van der Waals surface area contributed by atoms with Gasteiger partial charge in [-0.3, -0.25) is 9.59 Å². The maximum atomic E-state index is 12.9. The predicted molar refractivity (Wildman–Crippen MR) is 98.0 cm³/mol. The second kappa shape index (κ2) is 9.28. The molecule has 3 N–H and O–H groups in total. The number of aromatic nitrogens is 2. The minimum absolute atomic E-state index is 0.0969. The Labute approximate surface area is 155 Å². The van der Waals surface area contributed by atoms with E-state index >= 15 is 0 Å². The number of carbonyl (C=O) groups is 2. The molecule has 0 saturated carbocycles. The molecular weight excluding hydrogens is 355 g/mol. The van der Waals surface area contributed by atoms with Gasteiger partial charge in [0, 0.05) is 24.4 Å². The van der Waals surface area contributed by atoms with Crippen LogP contribution in [0, 0.1) is 19.7 Å². The van der Waals surface area contributed by atoms with Crippen LogP contribution in [0.2, 0.25) is 0 Å². The highest BCUT2D eigenvalue weighted by Crippen LogP contribution is 2.18. The number of amides is 2. The van der Waals surface area contributed by atoms with Crippen LogP contribution in [0.5, 0.6) is 0 Å². The number of benzene rings is 1. The highest BCUT2D eigenvalue weighted by molar-refractivity contribution is 7.99. The number of halogens is 1. The Morgan fingerprint density at radius 3 is 2.35 bits per heavy atom. The first-order chi connectivity index (χ1) is 12.3. The van der Waals surface area contributed by atoms with E-state index in [2.05, 4.69) is 15.3 Å². The average molecular weight is 376 g/mol. The third-order valence-electron chi connectivity index (χ3n) is 3.75. The largest absolute Gasteiger partial charge is 0.369 e. The van der Waals surface area contributed by atoms with Crippen LogP contribution in [0.4, 0.5) is 4.39 Å². The lowest BCUT2D eigenvalue weighted by atomic mass is 10.1. The van der Waals surface area contributed by atoms with Crippen molar-refractivity contribution in [2.24, 2.45) is 5.73 Å². The Bertz CT molecular complexity index is 773. The van der Waals surface area contributed by atoms with Gasteiger partial charge < -0.3 is 11.1 Å². The van der Waals surface area contributed by atoms with Gasteiger partial charge in [-0.15, -0.1) is 0 Å². The number of aryl methyl sites for hydroxylation is 2. The molecule has 0 spiro atoms. The minimum Gasteiger partial charge on any atom is -0.369 e. The zero-order valence-corrected chi connectivity index (χ0v) is 15.5. The molecule has 26 heavy (non-hydrogen) atoms. The summed E-state index contributed by atoms with van der Waals surface area (Å²) in [6, 6.07) is 6.01. The van der Waals surface area contributed by atoms with Gasteiger partial charge in [-0.05, 0) is 43.5 Å². The third-order valence-corrected chi connectivity index (χ3v) is 4.62. The van der Waals surface area contributed by atoms with Gasteiger partial charge in [0.2, 0.25) is 11.8 Å². The van der Waals surface area contributed by atoms with E-state index in [0.29, 0.717) is 24.5 Å². The van der Waals surface area contributed by atoms with Gasteiger partial charge in [-0.1, -0.05) is 23.9 Å². The number of nitrogens with two attached hydrogens (primary N) is 1. The van der Waals surface area contributed by atoms with Crippen molar-refractivity contribution in [2.75, 3.05) is 5.75 Å². The number of nitrogens with zero attached hydrogens (tertiary/aromatic N) is 2. The van der Waals surface area contributed by atoms with E-state index < -0.39 is 5.91 Å². The Morgan fingerprint density at radius 2 is 1.77 bits per heavy atom. The van der Waals surface area contributed by atoms with Crippen LogP contribution in [-0.2, 0) is 22.6 Å². The first kappa shape index (κ1) is 19.8. The molecule has 8 heteroatoms. The quantitative estimate of drug-likeness (QED) is 0.543. The molecule has 0 radical (unpaired) electrons. The van der Waals surface area contributed by atoms with Gasteiger partial charge in [0.1, 0.15) is 5.82 Å². The molecule has 2 rings (SSSR count). The summed E-state index contributed by atoms with van der Waals surface area (Å²) in [7, 11) is 0. The highest BCUT2D eigenvalue weighted by atomic mass is 32.2. The van der Waals surface area contributed by atoms with Crippen molar-refractivity contribution in [3.8, 4) is 0 Å². The number of hydrogen-bond donors (Lipinski definition) is 2. The number of nitrogens with one attached hydrogen (secondary N) is 1. The summed E-state index contributed by atoms with van der Waals surface area (Å²) < 4.78 is 12.9. The van der Waals surface area contributed by atoms with Gasteiger partial charge in [0.25, 0.3) is 0 Å². The molecule has 1 aromatic carbocycles.